The standard InChI is InChI=1S/C11H12N2O2/c1-3-9-5-4-6-10(13-9)7-12-11(14)8-15-2/h1,4-6H,7-8H2,2H3,(H,12,14). The van der Waals surface area contributed by atoms with Gasteiger partial charge in [0.2, 0.25) is 5.91 Å². The van der Waals surface area contributed by atoms with E-state index in [0.717, 1.165) is 5.69 Å². The zero-order valence-corrected chi connectivity index (χ0v) is 8.49. The van der Waals surface area contributed by atoms with E-state index in [-0.39, 0.29) is 12.5 Å². The topological polar surface area (TPSA) is 51.2 Å². The first kappa shape index (κ1) is 11.2. The van der Waals surface area contributed by atoms with Gasteiger partial charge in [0.1, 0.15) is 12.3 Å². The van der Waals surface area contributed by atoms with Gasteiger partial charge >= 0.3 is 0 Å². The number of terminal acetylenes is 1. The summed E-state index contributed by atoms with van der Waals surface area (Å²) in [6, 6.07) is 5.34. The molecule has 0 atom stereocenters. The molecule has 1 amide bonds. The van der Waals surface area contributed by atoms with Crippen molar-refractivity contribution in [3.63, 3.8) is 0 Å². The van der Waals surface area contributed by atoms with E-state index in [1.807, 2.05) is 0 Å². The van der Waals surface area contributed by atoms with Crippen LogP contribution in [0.25, 0.3) is 0 Å². The molecule has 1 heterocycles. The number of methoxy groups -OCH3 is 1. The van der Waals surface area contributed by atoms with Crippen molar-refractivity contribution in [2.75, 3.05) is 13.7 Å². The Labute approximate surface area is 88.7 Å². The molecule has 4 nitrogen and oxygen atoms in total. The molecule has 4 heteroatoms. The van der Waals surface area contributed by atoms with Crippen LogP contribution in [0.5, 0.6) is 0 Å². The summed E-state index contributed by atoms with van der Waals surface area (Å²) in [6.45, 7) is 0.409. The van der Waals surface area contributed by atoms with Gasteiger partial charge in [-0.05, 0) is 12.1 Å². The molecule has 1 rings (SSSR count). The Bertz CT molecular complexity index is 382. The Morgan fingerprint density at radius 2 is 2.47 bits per heavy atom. The lowest BCUT2D eigenvalue weighted by molar-refractivity contribution is -0.124. The van der Waals surface area contributed by atoms with E-state index in [0.29, 0.717) is 12.2 Å². The van der Waals surface area contributed by atoms with E-state index in [1.165, 1.54) is 7.11 Å². The first-order valence-corrected chi connectivity index (χ1v) is 4.44. The number of hydrogen-bond donors (Lipinski definition) is 1. The fraction of sp³-hybridized carbons (Fsp3) is 0.273. The number of rotatable bonds is 4. The quantitative estimate of drug-likeness (QED) is 0.719. The highest BCUT2D eigenvalue weighted by Crippen LogP contribution is 1.97. The minimum Gasteiger partial charge on any atom is -0.375 e. The number of carbonyl (C=O) groups excluding carboxylic acids is 1. The average Bonchev–Trinajstić information content (AvgIpc) is 2.27. The van der Waals surface area contributed by atoms with Gasteiger partial charge in [0.05, 0.1) is 12.2 Å². The lowest BCUT2D eigenvalue weighted by Gasteiger charge is -2.03. The van der Waals surface area contributed by atoms with E-state index >= 15 is 0 Å². The van der Waals surface area contributed by atoms with Crippen LogP contribution in [0.15, 0.2) is 18.2 Å². The molecule has 0 spiro atoms. The molecule has 1 aromatic heterocycles. The summed E-state index contributed by atoms with van der Waals surface area (Å²) in [4.78, 5) is 15.2. The molecule has 0 aliphatic heterocycles. The Kier molecular flexibility index (Phi) is 4.32. The highest BCUT2D eigenvalue weighted by Gasteiger charge is 2.00. The second-order valence-corrected chi connectivity index (χ2v) is 2.87. The second kappa shape index (κ2) is 5.78. The number of carbonyl (C=O) groups is 1. The molecular formula is C11H12N2O2. The van der Waals surface area contributed by atoms with Crippen molar-refractivity contribution in [1.29, 1.82) is 0 Å². The monoisotopic (exact) mass is 204 g/mol. The van der Waals surface area contributed by atoms with E-state index < -0.39 is 0 Å². The van der Waals surface area contributed by atoms with Crippen molar-refractivity contribution < 1.29 is 9.53 Å². The molecular weight excluding hydrogens is 192 g/mol. The van der Waals surface area contributed by atoms with E-state index in [1.54, 1.807) is 18.2 Å². The largest absolute Gasteiger partial charge is 0.375 e. The van der Waals surface area contributed by atoms with Crippen LogP contribution in [0.4, 0.5) is 0 Å². The van der Waals surface area contributed by atoms with Gasteiger partial charge in [-0.2, -0.15) is 0 Å². The molecule has 0 aliphatic carbocycles. The molecule has 1 aromatic rings. The van der Waals surface area contributed by atoms with Crippen LogP contribution in [0.3, 0.4) is 0 Å². The van der Waals surface area contributed by atoms with Gasteiger partial charge in [-0.1, -0.05) is 12.0 Å². The zero-order chi connectivity index (χ0) is 11.1. The third-order valence-electron chi connectivity index (χ3n) is 1.70. The van der Waals surface area contributed by atoms with Crippen molar-refractivity contribution in [3.8, 4) is 12.3 Å². The Balaban J connectivity index is 2.51. The number of nitrogens with one attached hydrogen (secondary N) is 1. The number of nitrogens with zero attached hydrogens (tertiary/aromatic N) is 1. The van der Waals surface area contributed by atoms with Gasteiger partial charge in [-0.15, -0.1) is 6.42 Å². The minimum absolute atomic E-state index is 0.0504. The molecule has 0 bridgehead atoms. The normalized spacial score (nSPS) is 9.33. The first-order valence-electron chi connectivity index (χ1n) is 4.44. The summed E-state index contributed by atoms with van der Waals surface area (Å²) >= 11 is 0. The van der Waals surface area contributed by atoms with Crippen molar-refractivity contribution in [3.05, 3.63) is 29.6 Å². The zero-order valence-electron chi connectivity index (χ0n) is 8.49. The predicted octanol–water partition coefficient (Wildman–Crippen LogP) is 0.325. The third kappa shape index (κ3) is 3.79. The Hall–Kier alpha value is -1.86. The highest BCUT2D eigenvalue weighted by molar-refractivity contribution is 5.77. The molecule has 0 aliphatic rings. The lowest BCUT2D eigenvalue weighted by atomic mass is 10.3. The fourth-order valence-corrected chi connectivity index (χ4v) is 1.03. The predicted molar refractivity (Wildman–Crippen MR) is 55.9 cm³/mol. The van der Waals surface area contributed by atoms with Crippen LogP contribution in [0.2, 0.25) is 0 Å². The van der Waals surface area contributed by atoms with Crippen molar-refractivity contribution in [1.82, 2.24) is 10.3 Å². The molecule has 0 unspecified atom stereocenters. The minimum atomic E-state index is -0.176. The van der Waals surface area contributed by atoms with Gasteiger partial charge in [0, 0.05) is 7.11 Å². The first-order chi connectivity index (χ1) is 7.26. The SMILES string of the molecule is C#Cc1cccc(CNC(=O)COC)n1. The van der Waals surface area contributed by atoms with Crippen LogP contribution in [-0.2, 0) is 16.1 Å². The molecule has 15 heavy (non-hydrogen) atoms. The maximum absolute atomic E-state index is 11.1. The summed E-state index contributed by atoms with van der Waals surface area (Å²) in [5.41, 5.74) is 1.29. The Morgan fingerprint density at radius 1 is 1.67 bits per heavy atom. The van der Waals surface area contributed by atoms with Gasteiger partial charge in [0.25, 0.3) is 0 Å². The van der Waals surface area contributed by atoms with Gasteiger partial charge in [-0.3, -0.25) is 4.79 Å². The summed E-state index contributed by atoms with van der Waals surface area (Å²) in [6.07, 6.45) is 5.20. The van der Waals surface area contributed by atoms with E-state index in [2.05, 4.69) is 21.0 Å². The number of pyridine rings is 1. The molecule has 0 radical (unpaired) electrons. The molecule has 0 fully saturated rings. The van der Waals surface area contributed by atoms with Crippen LogP contribution >= 0.6 is 0 Å². The highest BCUT2D eigenvalue weighted by atomic mass is 16.5. The van der Waals surface area contributed by atoms with Crippen molar-refractivity contribution >= 4 is 5.91 Å². The molecule has 0 saturated heterocycles. The average molecular weight is 204 g/mol. The number of amides is 1. The third-order valence-corrected chi connectivity index (χ3v) is 1.70. The van der Waals surface area contributed by atoms with Crippen LogP contribution in [-0.4, -0.2) is 24.6 Å². The molecule has 1 N–H and O–H groups in total. The van der Waals surface area contributed by atoms with Crippen LogP contribution in [0, 0.1) is 12.3 Å². The number of hydrogen-bond acceptors (Lipinski definition) is 3. The van der Waals surface area contributed by atoms with Gasteiger partial charge < -0.3 is 10.1 Å². The number of aromatic nitrogens is 1. The van der Waals surface area contributed by atoms with Gasteiger partial charge in [0.15, 0.2) is 0 Å². The summed E-state index contributed by atoms with van der Waals surface area (Å²) in [5, 5.41) is 2.66. The molecule has 0 aromatic carbocycles. The second-order valence-electron chi connectivity index (χ2n) is 2.87. The summed E-state index contributed by atoms with van der Waals surface area (Å²) < 4.78 is 4.67. The van der Waals surface area contributed by atoms with Gasteiger partial charge in [-0.25, -0.2) is 4.98 Å². The van der Waals surface area contributed by atoms with Crippen molar-refractivity contribution in [2.45, 2.75) is 6.54 Å². The van der Waals surface area contributed by atoms with E-state index in [4.69, 9.17) is 6.42 Å². The molecule has 0 saturated carbocycles. The van der Waals surface area contributed by atoms with Crippen LogP contribution < -0.4 is 5.32 Å². The summed E-state index contributed by atoms with van der Waals surface area (Å²) in [7, 11) is 1.47. The maximum atomic E-state index is 11.1. The van der Waals surface area contributed by atoms with Crippen LogP contribution in [0.1, 0.15) is 11.4 Å². The van der Waals surface area contributed by atoms with E-state index in [9.17, 15) is 4.79 Å². The van der Waals surface area contributed by atoms with Crippen molar-refractivity contribution in [2.24, 2.45) is 0 Å². The maximum Gasteiger partial charge on any atom is 0.246 e. The smallest absolute Gasteiger partial charge is 0.246 e. The lowest BCUT2D eigenvalue weighted by Crippen LogP contribution is -2.26. The molecule has 78 valence electrons. The summed E-state index contributed by atoms with van der Waals surface area (Å²) in [5.74, 6) is 2.26. The number of ether oxygens (including phenoxy) is 1. The fourth-order valence-electron chi connectivity index (χ4n) is 1.03. The Morgan fingerprint density at radius 3 is 3.13 bits per heavy atom.